The molecule has 2 unspecified atom stereocenters. The van der Waals surface area contributed by atoms with E-state index in [4.69, 9.17) is 17.3 Å². The highest BCUT2D eigenvalue weighted by Crippen LogP contribution is 2.40. The van der Waals surface area contributed by atoms with Crippen LogP contribution in [0.1, 0.15) is 24.8 Å². The molecule has 2 nitrogen and oxygen atoms in total. The summed E-state index contributed by atoms with van der Waals surface area (Å²) in [5.74, 6) is 0. The van der Waals surface area contributed by atoms with E-state index in [-0.39, 0.29) is 11.5 Å². The van der Waals surface area contributed by atoms with E-state index < -0.39 is 0 Å². The highest BCUT2D eigenvalue weighted by Gasteiger charge is 2.40. The van der Waals surface area contributed by atoms with Gasteiger partial charge in [0.05, 0.1) is 6.10 Å². The fourth-order valence-electron chi connectivity index (χ4n) is 2.69. The number of hydrogen-bond donors (Lipinski definition) is 2. The molecule has 1 aliphatic rings. The van der Waals surface area contributed by atoms with E-state index in [0.717, 1.165) is 30.7 Å². The maximum Gasteiger partial charge on any atom is 0.0611 e. The number of aliphatic hydroxyl groups excluding tert-OH is 1. The minimum atomic E-state index is -0.267. The standard InChI is InChI=1S/C13H18ClNO/c14-11-4-1-3-10(7-11)8-13(9-15)6-2-5-12(13)16/h1,3-4,7,12,16H,2,5-6,8-9,15H2. The molecule has 0 spiro atoms. The second-order valence-corrected chi connectivity index (χ2v) is 5.22. The van der Waals surface area contributed by atoms with Crippen LogP contribution in [0.3, 0.4) is 0 Å². The number of halogens is 1. The smallest absolute Gasteiger partial charge is 0.0611 e. The Bertz CT molecular complexity index is 369. The van der Waals surface area contributed by atoms with Crippen molar-refractivity contribution in [1.82, 2.24) is 0 Å². The number of rotatable bonds is 3. The molecule has 0 radical (unpaired) electrons. The SMILES string of the molecule is NCC1(Cc2cccc(Cl)c2)CCCC1O. The van der Waals surface area contributed by atoms with E-state index in [2.05, 4.69) is 0 Å². The van der Waals surface area contributed by atoms with Crippen LogP contribution in [0.25, 0.3) is 0 Å². The van der Waals surface area contributed by atoms with Crippen molar-refractivity contribution in [1.29, 1.82) is 0 Å². The quantitative estimate of drug-likeness (QED) is 0.851. The summed E-state index contributed by atoms with van der Waals surface area (Å²) in [6, 6.07) is 7.83. The van der Waals surface area contributed by atoms with Gasteiger partial charge in [-0.1, -0.05) is 30.2 Å². The minimum absolute atomic E-state index is 0.134. The highest BCUT2D eigenvalue weighted by molar-refractivity contribution is 6.30. The van der Waals surface area contributed by atoms with E-state index in [1.165, 1.54) is 5.56 Å². The van der Waals surface area contributed by atoms with Crippen molar-refractivity contribution in [3.8, 4) is 0 Å². The molecule has 1 aliphatic carbocycles. The second-order valence-electron chi connectivity index (χ2n) is 4.78. The third kappa shape index (κ3) is 2.24. The summed E-state index contributed by atoms with van der Waals surface area (Å²) in [5, 5.41) is 10.8. The third-order valence-electron chi connectivity index (χ3n) is 3.71. The number of hydrogen-bond acceptors (Lipinski definition) is 2. The Morgan fingerprint density at radius 1 is 1.50 bits per heavy atom. The second kappa shape index (κ2) is 4.74. The molecule has 1 saturated carbocycles. The molecule has 16 heavy (non-hydrogen) atoms. The van der Waals surface area contributed by atoms with Gasteiger partial charge in [-0.25, -0.2) is 0 Å². The number of aliphatic hydroxyl groups is 1. The van der Waals surface area contributed by atoms with Crippen LogP contribution in [-0.2, 0) is 6.42 Å². The summed E-state index contributed by atoms with van der Waals surface area (Å²) in [6.45, 7) is 0.542. The monoisotopic (exact) mass is 239 g/mol. The molecule has 2 rings (SSSR count). The Kier molecular flexibility index (Phi) is 3.53. The largest absolute Gasteiger partial charge is 0.392 e. The molecule has 3 heteroatoms. The van der Waals surface area contributed by atoms with Crippen LogP contribution in [0.4, 0.5) is 0 Å². The van der Waals surface area contributed by atoms with Crippen molar-refractivity contribution in [2.45, 2.75) is 31.8 Å². The molecule has 88 valence electrons. The summed E-state index contributed by atoms with van der Waals surface area (Å²) in [7, 11) is 0. The van der Waals surface area contributed by atoms with E-state index in [1.54, 1.807) is 0 Å². The Hall–Kier alpha value is -0.570. The Balaban J connectivity index is 2.18. The van der Waals surface area contributed by atoms with Crippen LogP contribution in [0.2, 0.25) is 5.02 Å². The van der Waals surface area contributed by atoms with Crippen molar-refractivity contribution in [3.05, 3.63) is 34.9 Å². The lowest BCUT2D eigenvalue weighted by molar-refractivity contribution is 0.0588. The van der Waals surface area contributed by atoms with Crippen LogP contribution in [0.5, 0.6) is 0 Å². The zero-order valence-corrected chi connectivity index (χ0v) is 10.1. The molecule has 2 atom stereocenters. The third-order valence-corrected chi connectivity index (χ3v) is 3.95. The molecule has 0 saturated heterocycles. The van der Waals surface area contributed by atoms with E-state index in [0.29, 0.717) is 6.54 Å². The number of nitrogens with two attached hydrogens (primary N) is 1. The molecule has 1 aromatic rings. The van der Waals surface area contributed by atoms with Gasteiger partial charge in [0.2, 0.25) is 0 Å². The minimum Gasteiger partial charge on any atom is -0.392 e. The summed E-state index contributed by atoms with van der Waals surface area (Å²) in [4.78, 5) is 0. The lowest BCUT2D eigenvalue weighted by atomic mass is 9.78. The fraction of sp³-hybridized carbons (Fsp3) is 0.538. The van der Waals surface area contributed by atoms with Gasteiger partial charge >= 0.3 is 0 Å². The van der Waals surface area contributed by atoms with E-state index >= 15 is 0 Å². The summed E-state index contributed by atoms with van der Waals surface area (Å²) in [5.41, 5.74) is 6.88. The van der Waals surface area contributed by atoms with Crippen LogP contribution in [-0.4, -0.2) is 17.8 Å². The first-order valence-electron chi connectivity index (χ1n) is 5.79. The van der Waals surface area contributed by atoms with Crippen molar-refractivity contribution in [2.75, 3.05) is 6.54 Å². The molecule has 0 aliphatic heterocycles. The first-order chi connectivity index (χ1) is 7.66. The summed E-state index contributed by atoms with van der Waals surface area (Å²) >= 11 is 5.96. The highest BCUT2D eigenvalue weighted by atomic mass is 35.5. The van der Waals surface area contributed by atoms with Gasteiger partial charge in [0.25, 0.3) is 0 Å². The first kappa shape index (κ1) is 11.9. The summed E-state index contributed by atoms with van der Waals surface area (Å²) in [6.07, 6.45) is 3.51. The van der Waals surface area contributed by atoms with E-state index in [1.807, 2.05) is 24.3 Å². The molecule has 1 fully saturated rings. The topological polar surface area (TPSA) is 46.2 Å². The van der Waals surface area contributed by atoms with Gasteiger partial charge in [-0.2, -0.15) is 0 Å². The van der Waals surface area contributed by atoms with Gasteiger partial charge < -0.3 is 10.8 Å². The van der Waals surface area contributed by atoms with Gasteiger partial charge in [-0.15, -0.1) is 0 Å². The molecule has 0 bridgehead atoms. The zero-order chi connectivity index (χ0) is 11.6. The average molecular weight is 240 g/mol. The molecule has 3 N–H and O–H groups in total. The van der Waals surface area contributed by atoms with Crippen molar-refractivity contribution in [3.63, 3.8) is 0 Å². The molecule has 1 aromatic carbocycles. The van der Waals surface area contributed by atoms with Crippen molar-refractivity contribution in [2.24, 2.45) is 11.1 Å². The Morgan fingerprint density at radius 3 is 2.88 bits per heavy atom. The molecular weight excluding hydrogens is 222 g/mol. The maximum absolute atomic E-state index is 10.1. The van der Waals surface area contributed by atoms with Gasteiger partial charge in [0.15, 0.2) is 0 Å². The molecule has 0 aromatic heterocycles. The normalized spacial score (nSPS) is 29.6. The predicted molar refractivity (Wildman–Crippen MR) is 66.5 cm³/mol. The van der Waals surface area contributed by atoms with Crippen molar-refractivity contribution >= 4 is 11.6 Å². The average Bonchev–Trinajstić information content (AvgIpc) is 2.61. The Morgan fingerprint density at radius 2 is 2.31 bits per heavy atom. The van der Waals surface area contributed by atoms with Gasteiger partial charge in [0, 0.05) is 17.0 Å². The van der Waals surface area contributed by atoms with Crippen molar-refractivity contribution < 1.29 is 5.11 Å². The van der Waals surface area contributed by atoms with Crippen LogP contribution >= 0.6 is 11.6 Å². The lowest BCUT2D eigenvalue weighted by Crippen LogP contribution is -2.39. The maximum atomic E-state index is 10.1. The van der Waals surface area contributed by atoms with Gasteiger partial charge in [-0.05, 0) is 37.0 Å². The van der Waals surface area contributed by atoms with Gasteiger partial charge in [0.1, 0.15) is 0 Å². The van der Waals surface area contributed by atoms with Crippen LogP contribution < -0.4 is 5.73 Å². The zero-order valence-electron chi connectivity index (χ0n) is 9.32. The van der Waals surface area contributed by atoms with Crippen LogP contribution in [0, 0.1) is 5.41 Å². The molecular formula is C13H18ClNO. The molecule has 0 amide bonds. The fourth-order valence-corrected chi connectivity index (χ4v) is 2.90. The summed E-state index contributed by atoms with van der Waals surface area (Å²) < 4.78 is 0. The lowest BCUT2D eigenvalue weighted by Gasteiger charge is -2.31. The molecule has 0 heterocycles. The van der Waals surface area contributed by atoms with Crippen LogP contribution in [0.15, 0.2) is 24.3 Å². The Labute approximate surface area is 101 Å². The predicted octanol–water partition coefficient (Wildman–Crippen LogP) is 2.37. The van der Waals surface area contributed by atoms with Gasteiger partial charge in [-0.3, -0.25) is 0 Å². The van der Waals surface area contributed by atoms with E-state index in [9.17, 15) is 5.11 Å². The number of benzene rings is 1. The first-order valence-corrected chi connectivity index (χ1v) is 6.17.